The van der Waals surface area contributed by atoms with Crippen LogP contribution < -0.4 is 5.32 Å². The van der Waals surface area contributed by atoms with E-state index in [1.807, 2.05) is 0 Å². The zero-order valence-corrected chi connectivity index (χ0v) is 9.70. The Labute approximate surface area is 105 Å². The van der Waals surface area contributed by atoms with Crippen LogP contribution in [-0.4, -0.2) is 12.0 Å². The summed E-state index contributed by atoms with van der Waals surface area (Å²) in [5, 5.41) is 3.09. The highest BCUT2D eigenvalue weighted by molar-refractivity contribution is 6.36. The van der Waals surface area contributed by atoms with E-state index in [0.717, 1.165) is 6.20 Å². The van der Waals surface area contributed by atoms with Crippen molar-refractivity contribution < 1.29 is 18.0 Å². The quantitative estimate of drug-likeness (QED) is 0.848. The summed E-state index contributed by atoms with van der Waals surface area (Å²) in [4.78, 5) is 10.5. The third-order valence-corrected chi connectivity index (χ3v) is 2.23. The molecule has 0 spiro atoms. The highest BCUT2D eigenvalue weighted by Gasteiger charge is 2.35. The fourth-order valence-electron chi connectivity index (χ4n) is 0.908. The maximum absolute atomic E-state index is 11.8. The third kappa shape index (κ3) is 4.28. The Morgan fingerprint density at radius 1 is 1.29 bits per heavy atom. The van der Waals surface area contributed by atoms with Crippen molar-refractivity contribution in [2.75, 3.05) is 5.32 Å². The molecule has 1 aromatic rings. The van der Waals surface area contributed by atoms with E-state index < -0.39 is 12.0 Å². The van der Waals surface area contributed by atoms with E-state index in [1.165, 1.54) is 18.2 Å². The molecule has 0 aliphatic rings. The second kappa shape index (κ2) is 5.42. The molecule has 7 heteroatoms. The van der Waals surface area contributed by atoms with Crippen LogP contribution in [0, 0.1) is 0 Å². The SMILES string of the molecule is O=C(C=CNc1ccc(Cl)cc1Cl)C(F)(F)F. The van der Waals surface area contributed by atoms with Gasteiger partial charge in [0.05, 0.1) is 10.7 Å². The minimum absolute atomic E-state index is 0.238. The van der Waals surface area contributed by atoms with Crippen molar-refractivity contribution in [1.82, 2.24) is 0 Å². The molecule has 17 heavy (non-hydrogen) atoms. The van der Waals surface area contributed by atoms with Gasteiger partial charge in [0.15, 0.2) is 0 Å². The van der Waals surface area contributed by atoms with Crippen molar-refractivity contribution in [2.45, 2.75) is 6.18 Å². The van der Waals surface area contributed by atoms with Gasteiger partial charge in [-0.25, -0.2) is 0 Å². The molecule has 1 N–H and O–H groups in total. The van der Waals surface area contributed by atoms with Gasteiger partial charge in [-0.2, -0.15) is 13.2 Å². The molecule has 0 aromatic heterocycles. The highest BCUT2D eigenvalue weighted by atomic mass is 35.5. The van der Waals surface area contributed by atoms with Crippen LogP contribution in [0.4, 0.5) is 18.9 Å². The number of rotatable bonds is 3. The van der Waals surface area contributed by atoms with Gasteiger partial charge in [0.2, 0.25) is 0 Å². The number of alkyl halides is 3. The maximum atomic E-state index is 11.8. The predicted octanol–water partition coefficient (Wildman–Crippen LogP) is 4.05. The van der Waals surface area contributed by atoms with E-state index in [0.29, 0.717) is 16.8 Å². The third-order valence-electron chi connectivity index (χ3n) is 1.68. The minimum Gasteiger partial charge on any atom is -0.360 e. The van der Waals surface area contributed by atoms with E-state index in [-0.39, 0.29) is 5.02 Å². The minimum atomic E-state index is -4.87. The molecule has 1 rings (SSSR count). The van der Waals surface area contributed by atoms with Crippen LogP contribution in [0.5, 0.6) is 0 Å². The van der Waals surface area contributed by atoms with Gasteiger partial charge in [-0.3, -0.25) is 4.79 Å². The molecular formula is C10H6Cl2F3NO. The highest BCUT2D eigenvalue weighted by Crippen LogP contribution is 2.25. The Kier molecular flexibility index (Phi) is 4.42. The average Bonchev–Trinajstić information content (AvgIpc) is 2.19. The Morgan fingerprint density at radius 3 is 2.47 bits per heavy atom. The molecule has 0 radical (unpaired) electrons. The fraction of sp³-hybridized carbons (Fsp3) is 0.100. The van der Waals surface area contributed by atoms with Crippen LogP contribution in [0.1, 0.15) is 0 Å². The van der Waals surface area contributed by atoms with Crippen molar-refractivity contribution in [3.63, 3.8) is 0 Å². The van der Waals surface area contributed by atoms with Gasteiger partial charge in [-0.15, -0.1) is 0 Å². The second-order valence-corrected chi connectivity index (χ2v) is 3.81. The number of hydrogen-bond donors (Lipinski definition) is 1. The number of carbonyl (C=O) groups excluding carboxylic acids is 1. The van der Waals surface area contributed by atoms with E-state index in [9.17, 15) is 18.0 Å². The first-order valence-electron chi connectivity index (χ1n) is 4.30. The van der Waals surface area contributed by atoms with Crippen LogP contribution in [0.15, 0.2) is 30.5 Å². The molecule has 0 bridgehead atoms. The fourth-order valence-corrected chi connectivity index (χ4v) is 1.37. The predicted molar refractivity (Wildman–Crippen MR) is 60.3 cm³/mol. The molecule has 0 saturated carbocycles. The Hall–Kier alpha value is -1.20. The van der Waals surface area contributed by atoms with Crippen molar-refractivity contribution in [3.8, 4) is 0 Å². The van der Waals surface area contributed by atoms with Crippen LogP contribution in [-0.2, 0) is 4.79 Å². The summed E-state index contributed by atoms with van der Waals surface area (Å²) < 4.78 is 35.5. The second-order valence-electron chi connectivity index (χ2n) is 2.96. The van der Waals surface area contributed by atoms with Crippen LogP contribution in [0.2, 0.25) is 10.0 Å². The van der Waals surface area contributed by atoms with Crippen LogP contribution in [0.3, 0.4) is 0 Å². The monoisotopic (exact) mass is 283 g/mol. The molecule has 2 nitrogen and oxygen atoms in total. The molecule has 0 saturated heterocycles. The number of nitrogens with one attached hydrogen (secondary N) is 1. The lowest BCUT2D eigenvalue weighted by molar-refractivity contribution is -0.165. The lowest BCUT2D eigenvalue weighted by Gasteiger charge is -2.04. The summed E-state index contributed by atoms with van der Waals surface area (Å²) in [6.07, 6.45) is -3.63. The van der Waals surface area contributed by atoms with Gasteiger partial charge in [0.25, 0.3) is 5.78 Å². The maximum Gasteiger partial charge on any atom is 0.454 e. The molecule has 0 aliphatic heterocycles. The number of anilines is 1. The zero-order valence-electron chi connectivity index (χ0n) is 8.18. The first-order chi connectivity index (χ1) is 7.80. The standard InChI is InChI=1S/C10H6Cl2F3NO/c11-6-1-2-8(7(12)5-6)16-4-3-9(17)10(13,14)15/h1-5,16H. The van der Waals surface area contributed by atoms with E-state index in [2.05, 4.69) is 5.32 Å². The van der Waals surface area contributed by atoms with Crippen molar-refractivity contribution in [2.24, 2.45) is 0 Å². The van der Waals surface area contributed by atoms with Gasteiger partial charge in [0, 0.05) is 17.3 Å². The summed E-state index contributed by atoms with van der Waals surface area (Å²) in [6, 6.07) is 4.41. The number of benzene rings is 1. The summed E-state index contributed by atoms with van der Waals surface area (Å²) in [6.45, 7) is 0. The normalized spacial score (nSPS) is 11.8. The number of ketones is 1. The van der Waals surface area contributed by atoms with Crippen molar-refractivity contribution in [3.05, 3.63) is 40.5 Å². The van der Waals surface area contributed by atoms with Crippen molar-refractivity contribution in [1.29, 1.82) is 0 Å². The van der Waals surface area contributed by atoms with E-state index in [4.69, 9.17) is 23.2 Å². The number of hydrogen-bond acceptors (Lipinski definition) is 2. The lowest BCUT2D eigenvalue weighted by Crippen LogP contribution is -2.20. The topological polar surface area (TPSA) is 29.1 Å². The largest absolute Gasteiger partial charge is 0.454 e. The van der Waals surface area contributed by atoms with Gasteiger partial charge in [0.1, 0.15) is 0 Å². The van der Waals surface area contributed by atoms with Gasteiger partial charge >= 0.3 is 6.18 Å². The summed E-state index contributed by atoms with van der Waals surface area (Å²) in [5.41, 5.74) is 0.349. The smallest absolute Gasteiger partial charge is 0.360 e. The van der Waals surface area contributed by atoms with E-state index >= 15 is 0 Å². The molecule has 92 valence electrons. The molecule has 0 aliphatic carbocycles. The van der Waals surface area contributed by atoms with Gasteiger partial charge < -0.3 is 5.32 Å². The Bertz CT molecular complexity index is 457. The Balaban J connectivity index is 2.68. The van der Waals surface area contributed by atoms with E-state index in [1.54, 1.807) is 0 Å². The molecule has 0 amide bonds. The van der Waals surface area contributed by atoms with Crippen LogP contribution >= 0.6 is 23.2 Å². The average molecular weight is 284 g/mol. The molecule has 0 heterocycles. The summed E-state index contributed by atoms with van der Waals surface area (Å²) in [5.74, 6) is -1.95. The van der Waals surface area contributed by atoms with Crippen molar-refractivity contribution >= 4 is 34.7 Å². The number of halogens is 5. The first kappa shape index (κ1) is 13.9. The zero-order chi connectivity index (χ0) is 13.1. The molecule has 0 fully saturated rings. The summed E-state index contributed by atoms with van der Waals surface area (Å²) >= 11 is 11.4. The number of allylic oxidation sites excluding steroid dienone is 1. The first-order valence-corrected chi connectivity index (χ1v) is 5.05. The van der Waals surface area contributed by atoms with Gasteiger partial charge in [-0.05, 0) is 18.2 Å². The molecule has 0 atom stereocenters. The van der Waals surface area contributed by atoms with Crippen LogP contribution in [0.25, 0.3) is 0 Å². The molecule has 1 aromatic carbocycles. The van der Waals surface area contributed by atoms with Gasteiger partial charge in [-0.1, -0.05) is 23.2 Å². The Morgan fingerprint density at radius 2 is 1.94 bits per heavy atom. The molecular weight excluding hydrogens is 278 g/mol. The lowest BCUT2D eigenvalue weighted by atomic mass is 10.3. The summed E-state index contributed by atoms with van der Waals surface area (Å²) in [7, 11) is 0. The number of carbonyl (C=O) groups is 1. The molecule has 0 unspecified atom stereocenters.